The van der Waals surface area contributed by atoms with Crippen molar-refractivity contribution < 1.29 is 4.79 Å². The fourth-order valence-electron chi connectivity index (χ4n) is 1.93. The van der Waals surface area contributed by atoms with Crippen LogP contribution in [-0.4, -0.2) is 18.5 Å². The van der Waals surface area contributed by atoms with Gasteiger partial charge in [-0.15, -0.1) is 23.7 Å². The number of rotatable bonds is 5. The predicted molar refractivity (Wildman–Crippen MR) is 84.1 cm³/mol. The molecule has 104 valence electrons. The molecule has 2 aromatic rings. The standard InChI is InChI=1S/C14H18N2OS.ClH/c1-10(15)8-14(17)16-7-6-11-9-18-13-5-3-2-4-12(11)13;/h2-5,9-10H,6-8,15H2,1H3,(H,16,17);1H. The minimum atomic E-state index is -0.0769. The highest BCUT2D eigenvalue weighted by Crippen LogP contribution is 2.25. The van der Waals surface area contributed by atoms with Gasteiger partial charge in [0, 0.05) is 23.7 Å². The van der Waals surface area contributed by atoms with Gasteiger partial charge in [-0.1, -0.05) is 18.2 Å². The average molecular weight is 299 g/mol. The second kappa shape index (κ2) is 7.48. The van der Waals surface area contributed by atoms with E-state index < -0.39 is 0 Å². The van der Waals surface area contributed by atoms with Crippen molar-refractivity contribution in [2.24, 2.45) is 5.73 Å². The molecule has 1 atom stereocenters. The van der Waals surface area contributed by atoms with Gasteiger partial charge in [-0.25, -0.2) is 0 Å². The van der Waals surface area contributed by atoms with Gasteiger partial charge in [0.05, 0.1) is 0 Å². The summed E-state index contributed by atoms with van der Waals surface area (Å²) in [7, 11) is 0. The lowest BCUT2D eigenvalue weighted by molar-refractivity contribution is -0.121. The Hall–Kier alpha value is -1.10. The number of halogens is 1. The first-order valence-corrected chi connectivity index (χ1v) is 7.02. The van der Waals surface area contributed by atoms with Crippen molar-refractivity contribution in [3.05, 3.63) is 35.2 Å². The van der Waals surface area contributed by atoms with Gasteiger partial charge < -0.3 is 11.1 Å². The fraction of sp³-hybridized carbons (Fsp3) is 0.357. The topological polar surface area (TPSA) is 55.1 Å². The highest BCUT2D eigenvalue weighted by Gasteiger charge is 2.06. The summed E-state index contributed by atoms with van der Waals surface area (Å²) in [5.41, 5.74) is 6.88. The van der Waals surface area contributed by atoms with E-state index in [1.165, 1.54) is 15.6 Å². The van der Waals surface area contributed by atoms with Crippen LogP contribution in [0.2, 0.25) is 0 Å². The van der Waals surface area contributed by atoms with Crippen LogP contribution in [0.5, 0.6) is 0 Å². The van der Waals surface area contributed by atoms with Gasteiger partial charge in [0.15, 0.2) is 0 Å². The van der Waals surface area contributed by atoms with Gasteiger partial charge in [-0.3, -0.25) is 4.79 Å². The summed E-state index contributed by atoms with van der Waals surface area (Å²) in [6, 6.07) is 8.27. The van der Waals surface area contributed by atoms with Crippen LogP contribution < -0.4 is 11.1 Å². The maximum absolute atomic E-state index is 11.5. The third kappa shape index (κ3) is 4.49. The molecule has 0 spiro atoms. The summed E-state index contributed by atoms with van der Waals surface area (Å²) >= 11 is 1.75. The Kier molecular flexibility index (Phi) is 6.28. The third-order valence-corrected chi connectivity index (χ3v) is 3.80. The fourth-order valence-corrected chi connectivity index (χ4v) is 2.92. The van der Waals surface area contributed by atoms with E-state index in [2.05, 4.69) is 22.8 Å². The second-order valence-electron chi connectivity index (χ2n) is 4.54. The first-order valence-electron chi connectivity index (χ1n) is 6.14. The van der Waals surface area contributed by atoms with Gasteiger partial charge in [-0.2, -0.15) is 0 Å². The van der Waals surface area contributed by atoms with Crippen molar-refractivity contribution in [2.75, 3.05) is 6.54 Å². The molecular formula is C14H19ClN2OS. The lowest BCUT2D eigenvalue weighted by Gasteiger charge is -2.06. The van der Waals surface area contributed by atoms with E-state index in [0.717, 1.165) is 6.42 Å². The first-order chi connectivity index (χ1) is 8.66. The van der Waals surface area contributed by atoms with Gasteiger partial charge in [0.2, 0.25) is 5.91 Å². The zero-order valence-electron chi connectivity index (χ0n) is 10.9. The van der Waals surface area contributed by atoms with Gasteiger partial charge >= 0.3 is 0 Å². The zero-order valence-corrected chi connectivity index (χ0v) is 12.5. The van der Waals surface area contributed by atoms with Crippen LogP contribution in [0.1, 0.15) is 18.9 Å². The summed E-state index contributed by atoms with van der Waals surface area (Å²) in [4.78, 5) is 11.5. The normalized spacial score (nSPS) is 11.9. The van der Waals surface area contributed by atoms with E-state index >= 15 is 0 Å². The van der Waals surface area contributed by atoms with Crippen LogP contribution in [-0.2, 0) is 11.2 Å². The number of hydrogen-bond acceptors (Lipinski definition) is 3. The summed E-state index contributed by atoms with van der Waals surface area (Å²) in [6.07, 6.45) is 1.26. The molecule has 3 N–H and O–H groups in total. The van der Waals surface area contributed by atoms with Crippen molar-refractivity contribution in [3.8, 4) is 0 Å². The Balaban J connectivity index is 0.00000180. The van der Waals surface area contributed by atoms with Crippen LogP contribution >= 0.6 is 23.7 Å². The molecule has 1 aromatic carbocycles. The molecule has 0 fully saturated rings. The Morgan fingerprint density at radius 1 is 1.42 bits per heavy atom. The number of amides is 1. The van der Waals surface area contributed by atoms with E-state index in [1.807, 2.05) is 19.1 Å². The Morgan fingerprint density at radius 2 is 2.16 bits per heavy atom. The lowest BCUT2D eigenvalue weighted by atomic mass is 10.1. The third-order valence-electron chi connectivity index (χ3n) is 2.79. The Bertz CT molecular complexity index is 539. The highest BCUT2D eigenvalue weighted by molar-refractivity contribution is 7.17. The summed E-state index contributed by atoms with van der Waals surface area (Å²) < 4.78 is 1.30. The number of carbonyl (C=O) groups is 1. The molecule has 0 saturated carbocycles. The van der Waals surface area contributed by atoms with E-state index in [-0.39, 0.29) is 24.4 Å². The molecule has 0 saturated heterocycles. The predicted octanol–water partition coefficient (Wildman–Crippen LogP) is 2.72. The minimum Gasteiger partial charge on any atom is -0.356 e. The van der Waals surface area contributed by atoms with E-state index in [1.54, 1.807) is 11.3 Å². The molecule has 1 aromatic heterocycles. The molecule has 0 radical (unpaired) electrons. The highest BCUT2D eigenvalue weighted by atomic mass is 35.5. The minimum absolute atomic E-state index is 0. The van der Waals surface area contributed by atoms with Gasteiger partial charge in [0.1, 0.15) is 0 Å². The molecular weight excluding hydrogens is 280 g/mol. The summed E-state index contributed by atoms with van der Waals surface area (Å²) in [6.45, 7) is 2.51. The largest absolute Gasteiger partial charge is 0.356 e. The summed E-state index contributed by atoms with van der Waals surface area (Å²) in [5, 5.41) is 6.37. The smallest absolute Gasteiger partial charge is 0.221 e. The Morgan fingerprint density at radius 3 is 2.89 bits per heavy atom. The van der Waals surface area contributed by atoms with E-state index in [4.69, 9.17) is 5.73 Å². The van der Waals surface area contributed by atoms with Crippen molar-refractivity contribution in [3.63, 3.8) is 0 Å². The molecule has 5 heteroatoms. The molecule has 1 heterocycles. The molecule has 0 bridgehead atoms. The lowest BCUT2D eigenvalue weighted by Crippen LogP contribution is -2.31. The number of hydrogen-bond donors (Lipinski definition) is 2. The summed E-state index contributed by atoms with van der Waals surface area (Å²) in [5.74, 6) is 0.0320. The van der Waals surface area contributed by atoms with Crippen LogP contribution in [0.15, 0.2) is 29.6 Å². The number of nitrogens with two attached hydrogens (primary N) is 1. The molecule has 0 aliphatic rings. The molecule has 19 heavy (non-hydrogen) atoms. The van der Waals surface area contributed by atoms with Gasteiger partial charge in [0.25, 0.3) is 0 Å². The number of carbonyl (C=O) groups excluding carboxylic acids is 1. The first kappa shape index (κ1) is 16.0. The average Bonchev–Trinajstić information content (AvgIpc) is 2.72. The Labute approximate surface area is 123 Å². The van der Waals surface area contributed by atoms with Crippen molar-refractivity contribution in [1.29, 1.82) is 0 Å². The van der Waals surface area contributed by atoms with E-state index in [0.29, 0.717) is 13.0 Å². The van der Waals surface area contributed by atoms with Crippen molar-refractivity contribution in [1.82, 2.24) is 5.32 Å². The second-order valence-corrected chi connectivity index (χ2v) is 5.45. The zero-order chi connectivity index (χ0) is 13.0. The molecule has 2 rings (SSSR count). The SMILES string of the molecule is CC(N)CC(=O)NCCc1csc2ccccc12.Cl. The van der Waals surface area contributed by atoms with Crippen LogP contribution in [0.3, 0.4) is 0 Å². The quantitative estimate of drug-likeness (QED) is 0.892. The van der Waals surface area contributed by atoms with Crippen LogP contribution in [0.4, 0.5) is 0 Å². The molecule has 1 unspecified atom stereocenters. The maximum atomic E-state index is 11.5. The van der Waals surface area contributed by atoms with Gasteiger partial charge in [-0.05, 0) is 35.7 Å². The van der Waals surface area contributed by atoms with E-state index in [9.17, 15) is 4.79 Å². The van der Waals surface area contributed by atoms with Crippen molar-refractivity contribution >= 4 is 39.7 Å². The van der Waals surface area contributed by atoms with Crippen molar-refractivity contribution in [2.45, 2.75) is 25.8 Å². The monoisotopic (exact) mass is 298 g/mol. The van der Waals surface area contributed by atoms with Crippen LogP contribution in [0, 0.1) is 0 Å². The number of benzene rings is 1. The molecule has 1 amide bonds. The number of fused-ring (bicyclic) bond motifs is 1. The number of thiophene rings is 1. The number of nitrogens with one attached hydrogen (secondary N) is 1. The molecule has 0 aliphatic carbocycles. The maximum Gasteiger partial charge on any atom is 0.221 e. The molecule has 3 nitrogen and oxygen atoms in total. The molecule has 0 aliphatic heterocycles. The van der Waals surface area contributed by atoms with Crippen LogP contribution in [0.25, 0.3) is 10.1 Å².